The van der Waals surface area contributed by atoms with Crippen molar-refractivity contribution in [2.75, 3.05) is 9.80 Å². The lowest BCUT2D eigenvalue weighted by Gasteiger charge is -2.28. The molecular formula is C96H68N4. The topological polar surface area (TPSA) is 16.3 Å². The molecular weight excluding hydrogens is 1210 g/mol. The largest absolute Gasteiger partial charge is 0.310 e. The van der Waals surface area contributed by atoms with E-state index in [4.69, 9.17) is 52.1 Å². The molecule has 4 heteroatoms. The number of rotatable bonds is 14. The quantitative estimate of drug-likeness (QED) is 0.108. The number of hydrogen-bond donors (Lipinski definition) is 0. The Morgan fingerprint density at radius 3 is 1.26 bits per heavy atom. The van der Waals surface area contributed by atoms with Crippen molar-refractivity contribution in [2.45, 2.75) is 0 Å². The maximum Gasteiger partial charge on any atom is 0.0651 e. The van der Waals surface area contributed by atoms with E-state index >= 15 is 0 Å². The molecule has 18 rings (SSSR count). The second-order valence-corrected chi connectivity index (χ2v) is 21.1. The van der Waals surface area contributed by atoms with Gasteiger partial charge < -0.3 is 18.9 Å². The molecule has 0 fully saturated rings. The van der Waals surface area contributed by atoms with E-state index in [1.54, 1.807) is 12.1 Å². The SMILES string of the molecule is [2H]c1c([2H])c([2H])c(-c2c([2H])c([2H])c([2H])c(-n3c4c([2H])c([2H])c([2H])c([2H])c4c4c([2H])c(-c5c([2H])c([2H])c(N(c6c([2H])c([2H])c([2H])c([2H])c6[2H])c6c([2H])c([2H])c([2H])c([2H])c6-c6c([2H])c([2H])c([2H])c([2H])c6[2H])c([2H])c5[2H])c([2H])c([2H])c43)c2[2H])c([2H])c1[2H].[2H]c1c([2H])c([2H])c(-c2c([2H])c([2H])c([2H])c([2H])c2N(c2c([2H])c([2H])c([2H])c([2H])c2[2H])c2c([2H])c([2H])c(-c3cc4c5ccccc5n(-c5cccc(-c6ccccc6)c5)c4c([2H])c3[2H])c([2H])c2[2H])c([2H])c1[2H]. The average Bonchev–Trinajstić information content (AvgIpc) is 1.51. The van der Waals surface area contributed by atoms with Crippen molar-refractivity contribution in [3.05, 3.63) is 411 Å². The number of nitrogens with zero attached hydrogens (tertiary/aromatic N) is 4. The fourth-order valence-electron chi connectivity index (χ4n) is 11.0. The second-order valence-electron chi connectivity index (χ2n) is 21.1. The summed E-state index contributed by atoms with van der Waals surface area (Å²) in [6.45, 7) is 0. The van der Waals surface area contributed by atoms with Crippen molar-refractivity contribution < 1.29 is 74.0 Å². The first-order chi connectivity index (χ1) is 72.1. The summed E-state index contributed by atoms with van der Waals surface area (Å²) in [5.41, 5.74) is -13.4. The maximum atomic E-state index is 9.81. The van der Waals surface area contributed by atoms with Crippen LogP contribution in [0.2, 0.25) is 0 Å². The van der Waals surface area contributed by atoms with Crippen LogP contribution in [0.5, 0.6) is 0 Å². The molecule has 0 atom stereocenters. The molecule has 0 spiro atoms. The number of fused-ring (bicyclic) bond motifs is 6. The van der Waals surface area contributed by atoms with Crippen LogP contribution in [0, 0.1) is 0 Å². The summed E-state index contributed by atoms with van der Waals surface area (Å²) >= 11 is 0. The summed E-state index contributed by atoms with van der Waals surface area (Å²) in [7, 11) is 0. The fourth-order valence-corrected chi connectivity index (χ4v) is 11.0. The molecule has 2 aromatic heterocycles. The van der Waals surface area contributed by atoms with E-state index in [0.717, 1.165) is 11.1 Å². The standard InChI is InChI=1S/2C48H34N2/c2*1-4-15-35(16-5-1)38-19-14-22-42(33-38)50-47-26-13-11-24-44(47)45-34-39(29-32-48(45)50)36-27-30-41(31-28-36)49(40-20-8-3-9-21-40)46-25-12-10-23-43(46)37-17-6-2-7-18-37/h2*1-34H/i1D,2D,3D,4D,5D,6D,7D,8D,9D,10D,11D,12D,13D,14D,15D,16D,17D,18D,19D,20D,21D,22D,23D,24D,25D,26D,27D,28D,29D,30D,31D,32D,33D,34D;2D,3D,6D,7D,8D,9D,10D,12D,17D,18D,20D,21D,23D,25D,27D,28D,29D,30D,31D,32D. The minimum absolute atomic E-state index is 0.210. The predicted octanol–water partition coefficient (Wildman–Crippen LogP) is 26.5. The van der Waals surface area contributed by atoms with E-state index in [0.29, 0.717) is 41.9 Å². The summed E-state index contributed by atoms with van der Waals surface area (Å²) < 4.78 is 485. The van der Waals surface area contributed by atoms with Crippen LogP contribution in [-0.2, 0) is 0 Å². The molecule has 472 valence electrons. The van der Waals surface area contributed by atoms with Gasteiger partial charge in [-0.1, -0.05) is 290 Å². The van der Waals surface area contributed by atoms with Crippen molar-refractivity contribution in [3.8, 4) is 78.1 Å². The van der Waals surface area contributed by atoms with Gasteiger partial charge in [0.15, 0.2) is 0 Å². The van der Waals surface area contributed by atoms with Gasteiger partial charge in [-0.3, -0.25) is 0 Å². The van der Waals surface area contributed by atoms with Gasteiger partial charge >= 0.3 is 0 Å². The molecule has 16 aromatic carbocycles. The molecule has 18 aromatic rings. The minimum atomic E-state index is -1.36. The van der Waals surface area contributed by atoms with Gasteiger partial charge in [-0.05, 0) is 177 Å². The number of benzene rings is 16. The highest BCUT2D eigenvalue weighted by Gasteiger charge is 2.21. The van der Waals surface area contributed by atoms with Gasteiger partial charge in [0.05, 0.1) is 107 Å². The Balaban J connectivity index is 0.000000212. The molecule has 0 N–H and O–H groups in total. The van der Waals surface area contributed by atoms with E-state index in [1.165, 1.54) is 6.07 Å². The minimum Gasteiger partial charge on any atom is -0.310 e. The van der Waals surface area contributed by atoms with Crippen LogP contribution in [0.25, 0.3) is 122 Å². The summed E-state index contributed by atoms with van der Waals surface area (Å²) in [5, 5.41) is -0.433. The summed E-state index contributed by atoms with van der Waals surface area (Å²) in [6.07, 6.45) is 0. The number of aromatic nitrogens is 2. The molecule has 4 nitrogen and oxygen atoms in total. The Kier molecular flexibility index (Phi) is 7.03. The van der Waals surface area contributed by atoms with E-state index in [1.807, 2.05) is 71.3 Å². The van der Waals surface area contributed by atoms with Crippen LogP contribution in [0.15, 0.2) is 411 Å². The highest BCUT2D eigenvalue weighted by Crippen LogP contribution is 2.45. The molecule has 0 radical (unpaired) electrons. The molecule has 0 unspecified atom stereocenters. The molecule has 0 bridgehead atoms. The van der Waals surface area contributed by atoms with E-state index < -0.39 is 432 Å². The highest BCUT2D eigenvalue weighted by molar-refractivity contribution is 6.12. The van der Waals surface area contributed by atoms with Gasteiger partial charge in [0.25, 0.3) is 0 Å². The lowest BCUT2D eigenvalue weighted by Crippen LogP contribution is -2.11. The Morgan fingerprint density at radius 1 is 0.210 bits per heavy atom. The van der Waals surface area contributed by atoms with Crippen molar-refractivity contribution in [1.82, 2.24) is 9.13 Å². The zero-order valence-electron chi connectivity index (χ0n) is 105. The highest BCUT2D eigenvalue weighted by atomic mass is 15.2. The number of para-hydroxylation sites is 6. The van der Waals surface area contributed by atoms with E-state index in [9.17, 15) is 21.9 Å². The predicted molar refractivity (Wildman–Crippen MR) is 424 cm³/mol. The first-order valence-corrected chi connectivity index (χ1v) is 29.8. The van der Waals surface area contributed by atoms with E-state index in [-0.39, 0.29) is 11.6 Å². The third kappa shape index (κ3) is 11.8. The average molecular weight is 1330 g/mol. The Labute approximate surface area is 659 Å². The number of hydrogen-bond acceptors (Lipinski definition) is 2. The lowest BCUT2D eigenvalue weighted by molar-refractivity contribution is 1.18. The van der Waals surface area contributed by atoms with Crippen molar-refractivity contribution >= 4 is 77.7 Å². The van der Waals surface area contributed by atoms with Gasteiger partial charge in [-0.2, -0.15) is 0 Å². The monoisotopic (exact) mass is 1330 g/mol. The normalized spacial score (nSPS) is 18.8. The van der Waals surface area contributed by atoms with Gasteiger partial charge in [0.2, 0.25) is 0 Å². The maximum absolute atomic E-state index is 9.81. The Bertz CT molecular complexity index is 9140. The number of anilines is 6. The van der Waals surface area contributed by atoms with Crippen molar-refractivity contribution in [3.63, 3.8) is 0 Å². The third-order valence-electron chi connectivity index (χ3n) is 15.4. The zero-order valence-corrected chi connectivity index (χ0v) is 50.9. The molecule has 0 aliphatic heterocycles. The molecule has 0 saturated heterocycles. The molecule has 2 heterocycles. The van der Waals surface area contributed by atoms with Crippen molar-refractivity contribution in [1.29, 1.82) is 0 Å². The van der Waals surface area contributed by atoms with Crippen LogP contribution >= 0.6 is 0 Å². The lowest BCUT2D eigenvalue weighted by atomic mass is 10.0. The van der Waals surface area contributed by atoms with Crippen LogP contribution in [0.1, 0.15) is 74.0 Å². The smallest absolute Gasteiger partial charge is 0.0651 e. The summed E-state index contributed by atoms with van der Waals surface area (Å²) in [5.74, 6) is 0. The Hall–Kier alpha value is -13.3. The van der Waals surface area contributed by atoms with Gasteiger partial charge in [-0.15, -0.1) is 0 Å². The Morgan fingerprint density at radius 2 is 0.640 bits per heavy atom. The second kappa shape index (κ2) is 27.1. The first-order valence-electron chi connectivity index (χ1n) is 56.8. The van der Waals surface area contributed by atoms with Crippen molar-refractivity contribution in [2.24, 2.45) is 0 Å². The molecule has 0 aliphatic carbocycles. The fraction of sp³-hybridized carbons (Fsp3) is 0. The molecule has 100 heavy (non-hydrogen) atoms. The zero-order chi connectivity index (χ0) is 114. The molecule has 0 saturated carbocycles. The summed E-state index contributed by atoms with van der Waals surface area (Å²) in [6, 6.07) is -29.6. The molecule has 0 aliphatic rings. The molecule has 0 amide bonds. The van der Waals surface area contributed by atoms with Gasteiger partial charge in [0.1, 0.15) is 0 Å². The van der Waals surface area contributed by atoms with Crippen LogP contribution in [-0.4, -0.2) is 9.13 Å². The van der Waals surface area contributed by atoms with E-state index in [2.05, 4.69) is 0 Å². The summed E-state index contributed by atoms with van der Waals surface area (Å²) in [4.78, 5) is 0.805. The van der Waals surface area contributed by atoms with Gasteiger partial charge in [-0.25, -0.2) is 0 Å². The first kappa shape index (κ1) is 25.9. The van der Waals surface area contributed by atoms with Crippen LogP contribution in [0.3, 0.4) is 0 Å². The third-order valence-corrected chi connectivity index (χ3v) is 15.4. The van der Waals surface area contributed by atoms with Gasteiger partial charge in [0, 0.05) is 66.8 Å². The van der Waals surface area contributed by atoms with Crippen LogP contribution < -0.4 is 9.80 Å². The van der Waals surface area contributed by atoms with Crippen LogP contribution in [0.4, 0.5) is 34.1 Å².